The zero-order valence-corrected chi connectivity index (χ0v) is 11.3. The van der Waals surface area contributed by atoms with Crippen LogP contribution in [0.25, 0.3) is 0 Å². The third-order valence-electron chi connectivity index (χ3n) is 3.53. The lowest BCUT2D eigenvalue weighted by molar-refractivity contribution is 0.0696. The SMILES string of the molecule is O=C(O)c1cccc(CNCCCN2CCCC2)c1. The quantitative estimate of drug-likeness (QED) is 0.738. The van der Waals surface area contributed by atoms with E-state index < -0.39 is 5.97 Å². The summed E-state index contributed by atoms with van der Waals surface area (Å²) in [5.74, 6) is -0.865. The molecule has 1 heterocycles. The van der Waals surface area contributed by atoms with E-state index in [0.29, 0.717) is 5.56 Å². The van der Waals surface area contributed by atoms with E-state index in [1.807, 2.05) is 6.07 Å². The Hall–Kier alpha value is -1.39. The molecule has 2 N–H and O–H groups in total. The number of carbonyl (C=O) groups is 1. The van der Waals surface area contributed by atoms with E-state index in [1.54, 1.807) is 18.2 Å². The summed E-state index contributed by atoms with van der Waals surface area (Å²) in [6, 6.07) is 7.11. The van der Waals surface area contributed by atoms with Crippen LogP contribution in [0.5, 0.6) is 0 Å². The van der Waals surface area contributed by atoms with Gasteiger partial charge in [-0.1, -0.05) is 12.1 Å². The van der Waals surface area contributed by atoms with Gasteiger partial charge in [-0.25, -0.2) is 4.79 Å². The minimum absolute atomic E-state index is 0.358. The van der Waals surface area contributed by atoms with Gasteiger partial charge in [-0.2, -0.15) is 0 Å². The number of hydrogen-bond acceptors (Lipinski definition) is 3. The molecule has 0 amide bonds. The molecule has 0 spiro atoms. The molecule has 1 aromatic rings. The molecule has 0 radical (unpaired) electrons. The van der Waals surface area contributed by atoms with Crippen LogP contribution in [0.15, 0.2) is 24.3 Å². The van der Waals surface area contributed by atoms with Crippen molar-refractivity contribution in [3.05, 3.63) is 35.4 Å². The summed E-state index contributed by atoms with van der Waals surface area (Å²) in [6.45, 7) is 5.39. The van der Waals surface area contributed by atoms with Gasteiger partial charge in [0.2, 0.25) is 0 Å². The zero-order chi connectivity index (χ0) is 13.5. The van der Waals surface area contributed by atoms with Gasteiger partial charge in [0.1, 0.15) is 0 Å². The molecule has 0 aromatic heterocycles. The number of carboxylic acids is 1. The molecule has 1 aromatic carbocycles. The Balaban J connectivity index is 1.64. The van der Waals surface area contributed by atoms with Gasteiger partial charge in [-0.05, 0) is 63.1 Å². The number of rotatable bonds is 7. The fraction of sp³-hybridized carbons (Fsp3) is 0.533. The Morgan fingerprint density at radius 1 is 1.32 bits per heavy atom. The van der Waals surface area contributed by atoms with Gasteiger partial charge in [-0.3, -0.25) is 0 Å². The van der Waals surface area contributed by atoms with Crippen LogP contribution in [-0.4, -0.2) is 42.2 Å². The van der Waals surface area contributed by atoms with E-state index in [1.165, 1.54) is 32.5 Å². The van der Waals surface area contributed by atoms with Gasteiger partial charge in [0, 0.05) is 6.54 Å². The summed E-state index contributed by atoms with van der Waals surface area (Å²) in [4.78, 5) is 13.4. The number of benzene rings is 1. The van der Waals surface area contributed by atoms with Crippen LogP contribution >= 0.6 is 0 Å². The summed E-state index contributed by atoms with van der Waals surface area (Å²) in [7, 11) is 0. The monoisotopic (exact) mass is 262 g/mol. The lowest BCUT2D eigenvalue weighted by Crippen LogP contribution is -2.24. The molecule has 0 unspecified atom stereocenters. The first-order valence-electron chi connectivity index (χ1n) is 7.01. The molecule has 0 atom stereocenters. The molecule has 0 bridgehead atoms. The minimum Gasteiger partial charge on any atom is -0.478 e. The van der Waals surface area contributed by atoms with Crippen molar-refractivity contribution in [1.82, 2.24) is 10.2 Å². The minimum atomic E-state index is -0.865. The first-order valence-corrected chi connectivity index (χ1v) is 7.01. The van der Waals surface area contributed by atoms with Crippen LogP contribution in [0, 0.1) is 0 Å². The molecular weight excluding hydrogens is 240 g/mol. The van der Waals surface area contributed by atoms with Crippen molar-refractivity contribution in [3.8, 4) is 0 Å². The molecule has 1 aliphatic heterocycles. The summed E-state index contributed by atoms with van der Waals surface area (Å²) >= 11 is 0. The standard InChI is InChI=1S/C15H22N2O2/c18-15(19)14-6-3-5-13(11-14)12-16-7-4-10-17-8-1-2-9-17/h3,5-6,11,16H,1-2,4,7-10,12H2,(H,18,19). The molecule has 1 saturated heterocycles. The van der Waals surface area contributed by atoms with Crippen LogP contribution in [0.4, 0.5) is 0 Å². The predicted octanol–water partition coefficient (Wildman–Crippen LogP) is 1.96. The van der Waals surface area contributed by atoms with Gasteiger partial charge in [0.15, 0.2) is 0 Å². The molecule has 4 nitrogen and oxygen atoms in total. The van der Waals surface area contributed by atoms with Crippen LogP contribution in [0.2, 0.25) is 0 Å². The number of carboxylic acid groups (broad SMARTS) is 1. The maximum atomic E-state index is 10.9. The molecule has 104 valence electrons. The van der Waals surface area contributed by atoms with E-state index in [9.17, 15) is 4.79 Å². The molecular formula is C15H22N2O2. The van der Waals surface area contributed by atoms with Crippen molar-refractivity contribution in [1.29, 1.82) is 0 Å². The highest BCUT2D eigenvalue weighted by molar-refractivity contribution is 5.87. The Labute approximate surface area is 114 Å². The van der Waals surface area contributed by atoms with Crippen molar-refractivity contribution in [3.63, 3.8) is 0 Å². The van der Waals surface area contributed by atoms with Gasteiger partial charge in [0.05, 0.1) is 5.56 Å². The second-order valence-electron chi connectivity index (χ2n) is 5.08. The second kappa shape index (κ2) is 7.26. The Kier molecular flexibility index (Phi) is 5.36. The second-order valence-corrected chi connectivity index (χ2v) is 5.08. The van der Waals surface area contributed by atoms with Crippen LogP contribution in [0.1, 0.15) is 35.2 Å². The fourth-order valence-electron chi connectivity index (χ4n) is 2.48. The Bertz CT molecular complexity index is 414. The maximum Gasteiger partial charge on any atom is 0.335 e. The van der Waals surface area contributed by atoms with Gasteiger partial charge < -0.3 is 15.3 Å². The number of nitrogens with one attached hydrogen (secondary N) is 1. The number of likely N-dealkylation sites (tertiary alicyclic amines) is 1. The zero-order valence-electron chi connectivity index (χ0n) is 11.3. The molecule has 1 fully saturated rings. The number of nitrogens with zero attached hydrogens (tertiary/aromatic N) is 1. The van der Waals surface area contributed by atoms with Crippen molar-refractivity contribution in [2.75, 3.05) is 26.2 Å². The van der Waals surface area contributed by atoms with Crippen LogP contribution in [-0.2, 0) is 6.54 Å². The first-order chi connectivity index (χ1) is 9.25. The third kappa shape index (κ3) is 4.65. The maximum absolute atomic E-state index is 10.9. The lowest BCUT2D eigenvalue weighted by atomic mass is 10.1. The van der Waals surface area contributed by atoms with Gasteiger partial charge >= 0.3 is 5.97 Å². The van der Waals surface area contributed by atoms with Gasteiger partial charge in [0.25, 0.3) is 0 Å². The average molecular weight is 262 g/mol. The van der Waals surface area contributed by atoms with Crippen molar-refractivity contribution >= 4 is 5.97 Å². The summed E-state index contributed by atoms with van der Waals surface area (Å²) in [5, 5.41) is 12.3. The Morgan fingerprint density at radius 3 is 2.84 bits per heavy atom. The van der Waals surface area contributed by atoms with Crippen LogP contribution in [0.3, 0.4) is 0 Å². The molecule has 0 saturated carbocycles. The highest BCUT2D eigenvalue weighted by atomic mass is 16.4. The van der Waals surface area contributed by atoms with E-state index in [0.717, 1.165) is 25.1 Å². The topological polar surface area (TPSA) is 52.6 Å². The summed E-state index contributed by atoms with van der Waals surface area (Å²) < 4.78 is 0. The van der Waals surface area contributed by atoms with Crippen molar-refractivity contribution < 1.29 is 9.90 Å². The first kappa shape index (κ1) is 14.0. The molecule has 4 heteroatoms. The van der Waals surface area contributed by atoms with E-state index in [-0.39, 0.29) is 0 Å². The van der Waals surface area contributed by atoms with E-state index in [2.05, 4.69) is 10.2 Å². The normalized spacial score (nSPS) is 15.8. The molecule has 1 aliphatic rings. The van der Waals surface area contributed by atoms with Crippen molar-refractivity contribution in [2.45, 2.75) is 25.8 Å². The fourth-order valence-corrected chi connectivity index (χ4v) is 2.48. The summed E-state index contributed by atoms with van der Waals surface area (Å²) in [6.07, 6.45) is 3.84. The highest BCUT2D eigenvalue weighted by Crippen LogP contribution is 2.07. The Morgan fingerprint density at radius 2 is 2.11 bits per heavy atom. The van der Waals surface area contributed by atoms with E-state index >= 15 is 0 Å². The summed E-state index contributed by atoms with van der Waals surface area (Å²) in [5.41, 5.74) is 1.39. The van der Waals surface area contributed by atoms with Gasteiger partial charge in [-0.15, -0.1) is 0 Å². The third-order valence-corrected chi connectivity index (χ3v) is 3.53. The van der Waals surface area contributed by atoms with E-state index in [4.69, 9.17) is 5.11 Å². The molecule has 19 heavy (non-hydrogen) atoms. The number of aromatic carboxylic acids is 1. The van der Waals surface area contributed by atoms with Crippen molar-refractivity contribution in [2.24, 2.45) is 0 Å². The van der Waals surface area contributed by atoms with Crippen LogP contribution < -0.4 is 5.32 Å². The molecule has 0 aliphatic carbocycles. The predicted molar refractivity (Wildman–Crippen MR) is 75.4 cm³/mol. The highest BCUT2D eigenvalue weighted by Gasteiger charge is 2.09. The lowest BCUT2D eigenvalue weighted by Gasteiger charge is -2.14. The number of hydrogen-bond donors (Lipinski definition) is 2. The average Bonchev–Trinajstić information content (AvgIpc) is 2.92. The molecule has 2 rings (SSSR count). The largest absolute Gasteiger partial charge is 0.478 e. The smallest absolute Gasteiger partial charge is 0.335 e.